The number of anilines is 1. The average molecular weight is 383 g/mol. The highest BCUT2D eigenvalue weighted by Gasteiger charge is 2.12. The first-order chi connectivity index (χ1) is 13.3. The average Bonchev–Trinajstić information content (AvgIpc) is 2.66. The number of nitrogens with one attached hydrogen (secondary N) is 1. The smallest absolute Gasteiger partial charge is 0.308 e. The normalized spacial score (nSPS) is 10.1. The molecule has 2 aromatic carbocycles. The molecule has 146 valence electrons. The molecule has 0 unspecified atom stereocenters. The van der Waals surface area contributed by atoms with Gasteiger partial charge in [0, 0.05) is 24.6 Å². The third-order valence-corrected chi connectivity index (χ3v) is 3.69. The van der Waals surface area contributed by atoms with Crippen LogP contribution >= 0.6 is 0 Å². The zero-order valence-electron chi connectivity index (χ0n) is 15.7. The van der Waals surface area contributed by atoms with Crippen molar-refractivity contribution in [3.8, 4) is 5.75 Å². The molecule has 0 saturated carbocycles. The third kappa shape index (κ3) is 7.03. The van der Waals surface area contributed by atoms with E-state index in [0.717, 1.165) is 5.56 Å². The number of carbonyl (C=O) groups excluding carboxylic acids is 4. The van der Waals surface area contributed by atoms with Crippen LogP contribution in [0.3, 0.4) is 0 Å². The Morgan fingerprint density at radius 2 is 1.54 bits per heavy atom. The van der Waals surface area contributed by atoms with Gasteiger partial charge in [0.25, 0.3) is 0 Å². The number of carbonyl (C=O) groups is 4. The number of hydrogen-bond donors (Lipinski definition) is 1. The summed E-state index contributed by atoms with van der Waals surface area (Å²) in [5, 5.41) is 2.68. The number of hydrogen-bond acceptors (Lipinski definition) is 6. The van der Waals surface area contributed by atoms with Gasteiger partial charge in [-0.2, -0.15) is 0 Å². The molecule has 1 amide bonds. The largest absolute Gasteiger partial charge is 0.457 e. The van der Waals surface area contributed by atoms with E-state index in [0.29, 0.717) is 17.0 Å². The van der Waals surface area contributed by atoms with Crippen molar-refractivity contribution in [3.05, 3.63) is 59.7 Å². The molecule has 0 aliphatic carbocycles. The van der Waals surface area contributed by atoms with Crippen molar-refractivity contribution in [1.82, 2.24) is 0 Å². The minimum absolute atomic E-state index is 0.0437. The Morgan fingerprint density at radius 1 is 0.893 bits per heavy atom. The zero-order valence-corrected chi connectivity index (χ0v) is 15.7. The molecule has 0 aromatic heterocycles. The van der Waals surface area contributed by atoms with Gasteiger partial charge in [-0.25, -0.2) is 0 Å². The lowest BCUT2D eigenvalue weighted by atomic mass is 10.1. The molecule has 0 heterocycles. The van der Waals surface area contributed by atoms with Gasteiger partial charge in [-0.3, -0.25) is 19.2 Å². The minimum atomic E-state index is -0.635. The first kappa shape index (κ1) is 20.8. The standard InChI is InChI=1S/C21H21NO6/c1-14-3-7-17(8-4-14)22-20(25)11-12-21(26)27-13-19(24)16-5-9-18(10-6-16)28-15(2)23/h3-10H,11-13H2,1-2H3,(H,22,25). The summed E-state index contributed by atoms with van der Waals surface area (Å²) in [6.07, 6.45) is -0.172. The van der Waals surface area contributed by atoms with E-state index < -0.39 is 24.3 Å². The van der Waals surface area contributed by atoms with Crippen LogP contribution in [-0.4, -0.2) is 30.2 Å². The molecule has 0 spiro atoms. The van der Waals surface area contributed by atoms with Gasteiger partial charge >= 0.3 is 11.9 Å². The molecule has 2 aromatic rings. The molecule has 0 aliphatic rings. The Balaban J connectivity index is 1.72. The maximum atomic E-state index is 12.0. The van der Waals surface area contributed by atoms with Gasteiger partial charge in [-0.15, -0.1) is 0 Å². The van der Waals surface area contributed by atoms with Gasteiger partial charge in [0.2, 0.25) is 5.91 Å². The lowest BCUT2D eigenvalue weighted by molar-refractivity contribution is -0.143. The highest BCUT2D eigenvalue weighted by Crippen LogP contribution is 2.13. The summed E-state index contributed by atoms with van der Waals surface area (Å²) in [7, 11) is 0. The van der Waals surface area contributed by atoms with E-state index in [1.54, 1.807) is 12.1 Å². The fraction of sp³-hybridized carbons (Fsp3) is 0.238. The number of rotatable bonds is 8. The van der Waals surface area contributed by atoms with Gasteiger partial charge in [0.15, 0.2) is 12.4 Å². The van der Waals surface area contributed by atoms with Crippen LogP contribution in [0.4, 0.5) is 5.69 Å². The number of amides is 1. The molecule has 0 saturated heterocycles. The lowest BCUT2D eigenvalue weighted by Gasteiger charge is -2.07. The van der Waals surface area contributed by atoms with E-state index in [4.69, 9.17) is 9.47 Å². The summed E-state index contributed by atoms with van der Waals surface area (Å²) in [5.74, 6) is -1.48. The quantitative estimate of drug-likeness (QED) is 0.427. The van der Waals surface area contributed by atoms with Gasteiger partial charge in [0.1, 0.15) is 5.75 Å². The summed E-state index contributed by atoms with van der Waals surface area (Å²) in [4.78, 5) is 46.5. The predicted molar refractivity (Wildman–Crippen MR) is 102 cm³/mol. The van der Waals surface area contributed by atoms with Crippen molar-refractivity contribution >= 4 is 29.3 Å². The molecule has 7 heteroatoms. The van der Waals surface area contributed by atoms with Crippen molar-refractivity contribution in [2.24, 2.45) is 0 Å². The van der Waals surface area contributed by atoms with E-state index >= 15 is 0 Å². The van der Waals surface area contributed by atoms with Crippen LogP contribution in [-0.2, 0) is 19.1 Å². The third-order valence-electron chi connectivity index (χ3n) is 3.69. The van der Waals surface area contributed by atoms with Crippen molar-refractivity contribution < 1.29 is 28.7 Å². The van der Waals surface area contributed by atoms with Gasteiger partial charge < -0.3 is 14.8 Å². The molecular formula is C21H21NO6. The number of aryl methyl sites for hydroxylation is 1. The topological polar surface area (TPSA) is 98.8 Å². The Hall–Kier alpha value is -3.48. The highest BCUT2D eigenvalue weighted by molar-refractivity contribution is 5.98. The van der Waals surface area contributed by atoms with Gasteiger partial charge in [-0.05, 0) is 43.3 Å². The summed E-state index contributed by atoms with van der Waals surface area (Å²) in [6, 6.07) is 13.2. The van der Waals surface area contributed by atoms with Gasteiger partial charge in [0.05, 0.1) is 6.42 Å². The molecule has 2 rings (SSSR count). The van der Waals surface area contributed by atoms with Crippen LogP contribution in [0.15, 0.2) is 48.5 Å². The molecule has 1 N–H and O–H groups in total. The first-order valence-corrected chi connectivity index (χ1v) is 8.67. The molecule has 0 fully saturated rings. The predicted octanol–water partition coefficient (Wildman–Crippen LogP) is 3.07. The number of benzene rings is 2. The molecular weight excluding hydrogens is 362 g/mol. The van der Waals surface area contributed by atoms with Crippen LogP contribution in [0, 0.1) is 6.92 Å². The van der Waals surface area contributed by atoms with E-state index in [-0.39, 0.29) is 18.7 Å². The van der Waals surface area contributed by atoms with Crippen LogP contribution < -0.4 is 10.1 Å². The van der Waals surface area contributed by atoms with Crippen LogP contribution in [0.1, 0.15) is 35.7 Å². The molecule has 0 radical (unpaired) electrons. The van der Waals surface area contributed by atoms with E-state index in [9.17, 15) is 19.2 Å². The summed E-state index contributed by atoms with van der Waals surface area (Å²) >= 11 is 0. The maximum absolute atomic E-state index is 12.0. The second-order valence-electron chi connectivity index (χ2n) is 6.12. The SMILES string of the molecule is CC(=O)Oc1ccc(C(=O)COC(=O)CCC(=O)Nc2ccc(C)cc2)cc1. The van der Waals surface area contributed by atoms with Crippen LogP contribution in [0.5, 0.6) is 5.75 Å². The monoisotopic (exact) mass is 383 g/mol. The number of ketones is 1. The molecule has 0 bridgehead atoms. The Morgan fingerprint density at radius 3 is 2.14 bits per heavy atom. The minimum Gasteiger partial charge on any atom is -0.457 e. The molecule has 0 atom stereocenters. The summed E-state index contributed by atoms with van der Waals surface area (Å²) in [6.45, 7) is 2.79. The van der Waals surface area contributed by atoms with Crippen LogP contribution in [0.25, 0.3) is 0 Å². The summed E-state index contributed by atoms with van der Waals surface area (Å²) in [5.41, 5.74) is 2.05. The van der Waals surface area contributed by atoms with Crippen LogP contribution in [0.2, 0.25) is 0 Å². The van der Waals surface area contributed by atoms with Crippen molar-refractivity contribution in [2.45, 2.75) is 26.7 Å². The highest BCUT2D eigenvalue weighted by atomic mass is 16.5. The molecule has 0 aliphatic heterocycles. The van der Waals surface area contributed by atoms with Crippen molar-refractivity contribution in [1.29, 1.82) is 0 Å². The molecule has 7 nitrogen and oxygen atoms in total. The van der Waals surface area contributed by atoms with Crippen molar-refractivity contribution in [2.75, 3.05) is 11.9 Å². The van der Waals surface area contributed by atoms with E-state index in [2.05, 4.69) is 5.32 Å². The zero-order chi connectivity index (χ0) is 20.5. The van der Waals surface area contributed by atoms with Gasteiger partial charge in [-0.1, -0.05) is 17.7 Å². The lowest BCUT2D eigenvalue weighted by Crippen LogP contribution is -2.17. The first-order valence-electron chi connectivity index (χ1n) is 8.67. The Labute approximate surface area is 162 Å². The fourth-order valence-electron chi connectivity index (χ4n) is 2.25. The Bertz CT molecular complexity index is 855. The number of ether oxygens (including phenoxy) is 2. The number of Topliss-reactive ketones (excluding diaryl/α,β-unsaturated/α-hetero) is 1. The van der Waals surface area contributed by atoms with E-state index in [1.807, 2.05) is 19.1 Å². The van der Waals surface area contributed by atoms with Crippen molar-refractivity contribution in [3.63, 3.8) is 0 Å². The maximum Gasteiger partial charge on any atom is 0.308 e. The fourth-order valence-corrected chi connectivity index (χ4v) is 2.25. The molecule has 28 heavy (non-hydrogen) atoms. The number of esters is 2. The second-order valence-corrected chi connectivity index (χ2v) is 6.12. The summed E-state index contributed by atoms with van der Waals surface area (Å²) < 4.78 is 9.79. The second kappa shape index (κ2) is 10.0. The van der Waals surface area contributed by atoms with E-state index in [1.165, 1.54) is 31.2 Å². The Kier molecular flexibility index (Phi) is 7.45.